The molecule has 0 aliphatic rings. The summed E-state index contributed by atoms with van der Waals surface area (Å²) in [7, 11) is 0. The first-order valence-electron chi connectivity index (χ1n) is 9.33. The van der Waals surface area contributed by atoms with E-state index in [-0.39, 0.29) is 12.5 Å². The van der Waals surface area contributed by atoms with E-state index < -0.39 is 12.1 Å². The van der Waals surface area contributed by atoms with Crippen LogP contribution in [0.15, 0.2) is 48.5 Å². The molecule has 6 nitrogen and oxygen atoms in total. The Morgan fingerprint density at radius 2 is 1.75 bits per heavy atom. The minimum absolute atomic E-state index is 0.170. The normalized spacial score (nSPS) is 11.7. The summed E-state index contributed by atoms with van der Waals surface area (Å²) in [6.45, 7) is 6.06. The molecule has 2 rings (SSSR count). The third-order valence-corrected chi connectivity index (χ3v) is 4.21. The highest BCUT2D eigenvalue weighted by molar-refractivity contribution is 5.80. The molecule has 28 heavy (non-hydrogen) atoms. The van der Waals surface area contributed by atoms with Gasteiger partial charge in [-0.3, -0.25) is 4.79 Å². The molecule has 0 aliphatic heterocycles. The molecule has 6 heteroatoms. The number of carboxylic acid groups (broad SMARTS) is 1. The van der Waals surface area contributed by atoms with Gasteiger partial charge in [0.25, 0.3) is 5.91 Å². The maximum atomic E-state index is 12.2. The number of carboxylic acids is 1. The predicted octanol–water partition coefficient (Wildman–Crippen LogP) is 3.40. The zero-order chi connectivity index (χ0) is 20.5. The minimum Gasteiger partial charge on any atom is -0.482 e. The highest BCUT2D eigenvalue weighted by atomic mass is 16.5. The lowest BCUT2D eigenvalue weighted by molar-refractivity contribution is -0.139. The van der Waals surface area contributed by atoms with Crippen LogP contribution in [0.1, 0.15) is 37.8 Å². The van der Waals surface area contributed by atoms with Crippen molar-refractivity contribution in [1.82, 2.24) is 5.32 Å². The van der Waals surface area contributed by atoms with E-state index in [0.29, 0.717) is 30.4 Å². The summed E-state index contributed by atoms with van der Waals surface area (Å²) in [6.07, 6.45) is 0.0646. The number of carbonyl (C=O) groups is 2. The van der Waals surface area contributed by atoms with Gasteiger partial charge < -0.3 is 19.9 Å². The molecule has 0 bridgehead atoms. The molecule has 0 heterocycles. The Bertz CT molecular complexity index is 786. The van der Waals surface area contributed by atoms with Crippen LogP contribution in [0.4, 0.5) is 0 Å². The molecule has 1 unspecified atom stereocenters. The fourth-order valence-corrected chi connectivity index (χ4v) is 2.58. The maximum absolute atomic E-state index is 12.2. The molecule has 2 N–H and O–H groups in total. The van der Waals surface area contributed by atoms with Crippen LogP contribution in [0.5, 0.6) is 11.5 Å². The average Bonchev–Trinajstić information content (AvgIpc) is 2.67. The first-order chi connectivity index (χ1) is 13.3. The quantitative estimate of drug-likeness (QED) is 0.655. The van der Waals surface area contributed by atoms with Gasteiger partial charge in [0.15, 0.2) is 12.7 Å². The van der Waals surface area contributed by atoms with Crippen molar-refractivity contribution in [2.75, 3.05) is 13.2 Å². The van der Waals surface area contributed by atoms with Crippen LogP contribution >= 0.6 is 0 Å². The fraction of sp³-hybridized carbons (Fsp3) is 0.364. The topological polar surface area (TPSA) is 84.9 Å². The molecule has 1 atom stereocenters. The average molecular weight is 385 g/mol. The summed E-state index contributed by atoms with van der Waals surface area (Å²) in [4.78, 5) is 22.7. The Morgan fingerprint density at radius 1 is 1.04 bits per heavy atom. The lowest BCUT2D eigenvalue weighted by Crippen LogP contribution is -2.37. The van der Waals surface area contributed by atoms with Crippen LogP contribution in [-0.2, 0) is 16.0 Å². The summed E-state index contributed by atoms with van der Waals surface area (Å²) < 4.78 is 10.8. The van der Waals surface area contributed by atoms with Crippen LogP contribution in [0.3, 0.4) is 0 Å². The van der Waals surface area contributed by atoms with Gasteiger partial charge in [-0.2, -0.15) is 0 Å². The first-order valence-corrected chi connectivity index (χ1v) is 9.33. The summed E-state index contributed by atoms with van der Waals surface area (Å²) in [5.41, 5.74) is 2.18. The number of hydrogen-bond donors (Lipinski definition) is 2. The van der Waals surface area contributed by atoms with Gasteiger partial charge in [0.2, 0.25) is 0 Å². The second kappa shape index (κ2) is 10.3. The zero-order valence-electron chi connectivity index (χ0n) is 16.5. The molecular weight excluding hydrogens is 358 g/mol. The van der Waals surface area contributed by atoms with E-state index in [0.717, 1.165) is 5.56 Å². The van der Waals surface area contributed by atoms with E-state index in [1.165, 1.54) is 5.56 Å². The van der Waals surface area contributed by atoms with Gasteiger partial charge in [0.1, 0.15) is 11.5 Å². The Morgan fingerprint density at radius 3 is 2.39 bits per heavy atom. The van der Waals surface area contributed by atoms with Crippen molar-refractivity contribution in [2.24, 2.45) is 0 Å². The number of nitrogens with one attached hydrogen (secondary N) is 1. The van der Waals surface area contributed by atoms with Crippen molar-refractivity contribution in [3.63, 3.8) is 0 Å². The van der Waals surface area contributed by atoms with Crippen molar-refractivity contribution in [1.29, 1.82) is 0 Å². The van der Waals surface area contributed by atoms with Gasteiger partial charge in [-0.05, 0) is 54.7 Å². The van der Waals surface area contributed by atoms with Crippen molar-refractivity contribution < 1.29 is 24.2 Å². The SMILES string of the molecule is CC(Oc1cccc(C(C)C)c1)C(=O)NCCc1ccc(OCC(=O)O)cc1. The van der Waals surface area contributed by atoms with Crippen LogP contribution in [-0.4, -0.2) is 36.2 Å². The van der Waals surface area contributed by atoms with Crippen molar-refractivity contribution >= 4 is 11.9 Å². The van der Waals surface area contributed by atoms with E-state index in [2.05, 4.69) is 19.2 Å². The van der Waals surface area contributed by atoms with E-state index in [4.69, 9.17) is 14.6 Å². The summed E-state index contributed by atoms with van der Waals surface area (Å²) >= 11 is 0. The number of amides is 1. The molecule has 2 aromatic carbocycles. The third-order valence-electron chi connectivity index (χ3n) is 4.21. The number of rotatable bonds is 10. The molecule has 0 saturated carbocycles. The Labute approximate surface area is 165 Å². The highest BCUT2D eigenvalue weighted by Gasteiger charge is 2.14. The summed E-state index contributed by atoms with van der Waals surface area (Å²) in [6, 6.07) is 14.9. The number of ether oxygens (including phenoxy) is 2. The standard InChI is InChI=1S/C22H27NO5/c1-15(2)18-5-4-6-20(13-18)28-16(3)22(26)23-12-11-17-7-9-19(10-8-17)27-14-21(24)25/h4-10,13,15-16H,11-12,14H2,1-3H3,(H,23,26)(H,24,25). The van der Waals surface area contributed by atoms with Crippen molar-refractivity contribution in [3.8, 4) is 11.5 Å². The second-order valence-corrected chi connectivity index (χ2v) is 6.85. The van der Waals surface area contributed by atoms with Crippen LogP contribution in [0.2, 0.25) is 0 Å². The molecule has 0 aromatic heterocycles. The largest absolute Gasteiger partial charge is 0.482 e. The molecule has 150 valence electrons. The molecule has 1 amide bonds. The minimum atomic E-state index is -1.01. The van der Waals surface area contributed by atoms with E-state index in [1.54, 1.807) is 19.1 Å². The molecular formula is C22H27NO5. The molecule has 0 spiro atoms. The lowest BCUT2D eigenvalue weighted by atomic mass is 10.0. The van der Waals surface area contributed by atoms with Crippen molar-refractivity contribution in [2.45, 2.75) is 39.2 Å². The molecule has 0 aliphatic carbocycles. The van der Waals surface area contributed by atoms with E-state index in [9.17, 15) is 9.59 Å². The van der Waals surface area contributed by atoms with Crippen LogP contribution in [0, 0.1) is 0 Å². The lowest BCUT2D eigenvalue weighted by Gasteiger charge is -2.16. The van der Waals surface area contributed by atoms with Gasteiger partial charge in [0.05, 0.1) is 0 Å². The Kier molecular flexibility index (Phi) is 7.87. The van der Waals surface area contributed by atoms with Crippen LogP contribution < -0.4 is 14.8 Å². The number of hydrogen-bond acceptors (Lipinski definition) is 4. The zero-order valence-corrected chi connectivity index (χ0v) is 16.5. The van der Waals surface area contributed by atoms with Crippen molar-refractivity contribution in [3.05, 3.63) is 59.7 Å². The van der Waals surface area contributed by atoms with Crippen LogP contribution in [0.25, 0.3) is 0 Å². The first kappa shape index (κ1) is 21.3. The summed E-state index contributed by atoms with van der Waals surface area (Å²) in [5, 5.41) is 11.5. The number of aliphatic carboxylic acids is 1. The molecule has 2 aromatic rings. The molecule has 0 saturated heterocycles. The maximum Gasteiger partial charge on any atom is 0.341 e. The van der Waals surface area contributed by atoms with Gasteiger partial charge in [-0.15, -0.1) is 0 Å². The smallest absolute Gasteiger partial charge is 0.341 e. The monoisotopic (exact) mass is 385 g/mol. The Hall–Kier alpha value is -3.02. The Balaban J connectivity index is 1.77. The van der Waals surface area contributed by atoms with E-state index in [1.807, 2.05) is 36.4 Å². The second-order valence-electron chi connectivity index (χ2n) is 6.85. The fourth-order valence-electron chi connectivity index (χ4n) is 2.58. The molecule has 0 radical (unpaired) electrons. The number of carbonyl (C=O) groups excluding carboxylic acids is 1. The van der Waals surface area contributed by atoms with Gasteiger partial charge in [0, 0.05) is 6.54 Å². The molecule has 0 fully saturated rings. The van der Waals surface area contributed by atoms with E-state index >= 15 is 0 Å². The highest BCUT2D eigenvalue weighted by Crippen LogP contribution is 2.21. The predicted molar refractivity (Wildman–Crippen MR) is 107 cm³/mol. The number of benzene rings is 2. The summed E-state index contributed by atoms with van der Waals surface area (Å²) in [5.74, 6) is 0.399. The third kappa shape index (κ3) is 6.95. The van der Waals surface area contributed by atoms with Gasteiger partial charge >= 0.3 is 5.97 Å². The van der Waals surface area contributed by atoms with Gasteiger partial charge in [-0.1, -0.05) is 38.1 Å². The van der Waals surface area contributed by atoms with Gasteiger partial charge in [-0.25, -0.2) is 4.79 Å².